The number of amides is 1. The van der Waals surface area contributed by atoms with E-state index in [1.165, 1.54) is 0 Å². The molecule has 5 heteroatoms. The van der Waals surface area contributed by atoms with Crippen molar-refractivity contribution in [2.75, 3.05) is 13.2 Å². The van der Waals surface area contributed by atoms with Crippen LogP contribution < -0.4 is 5.32 Å². The highest BCUT2D eigenvalue weighted by atomic mass is 16.5. The normalized spacial score (nSPS) is 22.8. The van der Waals surface area contributed by atoms with Gasteiger partial charge in [-0.3, -0.25) is 9.59 Å². The number of piperidine rings is 1. The van der Waals surface area contributed by atoms with Crippen LogP contribution in [0.25, 0.3) is 0 Å². The van der Waals surface area contributed by atoms with Gasteiger partial charge in [0.05, 0.1) is 13.2 Å². The Morgan fingerprint density at radius 3 is 2.74 bits per heavy atom. The maximum atomic E-state index is 11.4. The molecule has 2 N–H and O–H groups in total. The van der Waals surface area contributed by atoms with Crippen molar-refractivity contribution in [3.05, 3.63) is 35.9 Å². The lowest BCUT2D eigenvalue weighted by Crippen LogP contribution is -2.47. The number of hydrogen-bond donors (Lipinski definition) is 2. The topological polar surface area (TPSA) is 75.6 Å². The molecule has 2 rings (SSSR count). The molecular weight excluding hydrogens is 246 g/mol. The van der Waals surface area contributed by atoms with Crippen LogP contribution in [0.4, 0.5) is 0 Å². The summed E-state index contributed by atoms with van der Waals surface area (Å²) in [5.41, 5.74) is -0.0970. The van der Waals surface area contributed by atoms with Gasteiger partial charge in [0.2, 0.25) is 5.91 Å². The molecule has 1 aliphatic heterocycles. The fraction of sp³-hybridized carbons (Fsp3) is 0.429. The van der Waals surface area contributed by atoms with Gasteiger partial charge in [-0.2, -0.15) is 0 Å². The van der Waals surface area contributed by atoms with Crippen molar-refractivity contribution in [2.45, 2.75) is 19.4 Å². The molecular formula is C14H17NO4. The zero-order chi connectivity index (χ0) is 13.7. The minimum absolute atomic E-state index is 0.0167. The second-order valence-electron chi connectivity index (χ2n) is 4.84. The van der Waals surface area contributed by atoms with Gasteiger partial charge in [-0.1, -0.05) is 30.3 Å². The van der Waals surface area contributed by atoms with Gasteiger partial charge in [0.1, 0.15) is 5.41 Å². The zero-order valence-corrected chi connectivity index (χ0v) is 10.6. The average Bonchev–Trinajstić information content (AvgIpc) is 2.40. The first-order valence-corrected chi connectivity index (χ1v) is 6.24. The number of rotatable bonds is 5. The Morgan fingerprint density at radius 2 is 2.11 bits per heavy atom. The molecule has 1 atom stereocenters. The zero-order valence-electron chi connectivity index (χ0n) is 10.6. The quantitative estimate of drug-likeness (QED) is 0.836. The van der Waals surface area contributed by atoms with Crippen molar-refractivity contribution < 1.29 is 19.4 Å². The molecule has 1 fully saturated rings. The van der Waals surface area contributed by atoms with Crippen LogP contribution >= 0.6 is 0 Å². The van der Waals surface area contributed by atoms with Crippen LogP contribution in [0.3, 0.4) is 0 Å². The van der Waals surface area contributed by atoms with Crippen molar-refractivity contribution in [2.24, 2.45) is 5.41 Å². The molecule has 1 unspecified atom stereocenters. The highest BCUT2D eigenvalue weighted by molar-refractivity contribution is 5.86. The minimum Gasteiger partial charge on any atom is -0.481 e. The van der Waals surface area contributed by atoms with Crippen LogP contribution in [0, 0.1) is 5.41 Å². The summed E-state index contributed by atoms with van der Waals surface area (Å²) in [6.45, 7) is 0.808. The summed E-state index contributed by atoms with van der Waals surface area (Å²) in [6.07, 6.45) is 0.389. The van der Waals surface area contributed by atoms with E-state index in [-0.39, 0.29) is 18.9 Å². The summed E-state index contributed by atoms with van der Waals surface area (Å²) >= 11 is 0. The monoisotopic (exact) mass is 263 g/mol. The van der Waals surface area contributed by atoms with E-state index >= 15 is 0 Å². The van der Waals surface area contributed by atoms with E-state index < -0.39 is 11.4 Å². The van der Waals surface area contributed by atoms with Crippen LogP contribution in [0.5, 0.6) is 0 Å². The van der Waals surface area contributed by atoms with E-state index in [1.807, 2.05) is 30.3 Å². The number of carboxylic acids is 1. The third kappa shape index (κ3) is 3.32. The van der Waals surface area contributed by atoms with Gasteiger partial charge in [0.25, 0.3) is 0 Å². The molecule has 5 nitrogen and oxygen atoms in total. The number of carbonyl (C=O) groups is 2. The lowest BCUT2D eigenvalue weighted by molar-refractivity contribution is -0.159. The molecule has 1 heterocycles. The van der Waals surface area contributed by atoms with Gasteiger partial charge in [-0.05, 0) is 12.0 Å². The van der Waals surface area contributed by atoms with Gasteiger partial charge < -0.3 is 15.2 Å². The predicted octanol–water partition coefficient (Wildman–Crippen LogP) is 1.18. The van der Waals surface area contributed by atoms with E-state index in [2.05, 4.69) is 5.32 Å². The summed E-state index contributed by atoms with van der Waals surface area (Å²) in [7, 11) is 0. The molecule has 1 aromatic rings. The number of nitrogens with one attached hydrogen (secondary N) is 1. The number of carboxylic acid groups (broad SMARTS) is 1. The van der Waals surface area contributed by atoms with Gasteiger partial charge in [-0.15, -0.1) is 0 Å². The Bertz CT molecular complexity index is 460. The smallest absolute Gasteiger partial charge is 0.312 e. The second-order valence-corrected chi connectivity index (χ2v) is 4.84. The summed E-state index contributed by atoms with van der Waals surface area (Å²) in [5.74, 6) is -1.19. The van der Waals surface area contributed by atoms with E-state index in [9.17, 15) is 14.7 Å². The van der Waals surface area contributed by atoms with Gasteiger partial charge in [-0.25, -0.2) is 0 Å². The number of carbonyl (C=O) groups excluding carboxylic acids is 1. The lowest BCUT2D eigenvalue weighted by atomic mass is 9.79. The van der Waals surface area contributed by atoms with Crippen molar-refractivity contribution in [3.8, 4) is 0 Å². The standard InChI is InChI=1S/C14H17NO4/c16-12-8-14(13(17)18,6-7-15-12)10-19-9-11-4-2-1-3-5-11/h1-5H,6-10H2,(H,15,16)(H,17,18). The molecule has 1 aromatic carbocycles. The molecule has 0 radical (unpaired) electrons. The van der Waals surface area contributed by atoms with Crippen molar-refractivity contribution in [3.63, 3.8) is 0 Å². The summed E-state index contributed by atoms with van der Waals surface area (Å²) in [4.78, 5) is 22.8. The molecule has 19 heavy (non-hydrogen) atoms. The molecule has 102 valence electrons. The summed E-state index contributed by atoms with van der Waals surface area (Å²) in [6, 6.07) is 9.55. The van der Waals surface area contributed by atoms with Crippen LogP contribution in [-0.4, -0.2) is 30.1 Å². The number of ether oxygens (including phenoxy) is 1. The molecule has 0 saturated carbocycles. The number of benzene rings is 1. The van der Waals surface area contributed by atoms with E-state index in [4.69, 9.17) is 4.74 Å². The first kappa shape index (κ1) is 13.5. The van der Waals surface area contributed by atoms with E-state index in [0.29, 0.717) is 19.6 Å². The highest BCUT2D eigenvalue weighted by Crippen LogP contribution is 2.30. The highest BCUT2D eigenvalue weighted by Gasteiger charge is 2.43. The molecule has 0 aliphatic carbocycles. The van der Waals surface area contributed by atoms with Crippen molar-refractivity contribution in [1.29, 1.82) is 0 Å². The molecule has 0 aromatic heterocycles. The Labute approximate surface area is 111 Å². The fourth-order valence-electron chi connectivity index (χ4n) is 2.21. The lowest BCUT2D eigenvalue weighted by Gasteiger charge is -2.32. The van der Waals surface area contributed by atoms with Crippen LogP contribution in [0.15, 0.2) is 30.3 Å². The van der Waals surface area contributed by atoms with E-state index in [0.717, 1.165) is 5.56 Å². The first-order valence-electron chi connectivity index (χ1n) is 6.24. The van der Waals surface area contributed by atoms with Gasteiger partial charge in [0, 0.05) is 13.0 Å². The third-order valence-corrected chi connectivity index (χ3v) is 3.37. The first-order chi connectivity index (χ1) is 9.12. The molecule has 1 amide bonds. The van der Waals surface area contributed by atoms with Crippen LogP contribution in [0.1, 0.15) is 18.4 Å². The SMILES string of the molecule is O=C1CC(COCc2ccccc2)(C(=O)O)CCN1. The summed E-state index contributed by atoms with van der Waals surface area (Å²) < 4.78 is 5.51. The number of hydrogen-bond acceptors (Lipinski definition) is 3. The number of aliphatic carboxylic acids is 1. The van der Waals surface area contributed by atoms with Gasteiger partial charge >= 0.3 is 5.97 Å². The maximum absolute atomic E-state index is 11.4. The van der Waals surface area contributed by atoms with Crippen LogP contribution in [-0.2, 0) is 20.9 Å². The van der Waals surface area contributed by atoms with Crippen molar-refractivity contribution in [1.82, 2.24) is 5.32 Å². The van der Waals surface area contributed by atoms with Gasteiger partial charge in [0.15, 0.2) is 0 Å². The Morgan fingerprint density at radius 1 is 1.37 bits per heavy atom. The minimum atomic E-state index is -1.09. The van der Waals surface area contributed by atoms with Crippen LogP contribution in [0.2, 0.25) is 0 Å². The average molecular weight is 263 g/mol. The predicted molar refractivity (Wildman–Crippen MR) is 68.4 cm³/mol. The molecule has 0 spiro atoms. The van der Waals surface area contributed by atoms with Crippen molar-refractivity contribution >= 4 is 11.9 Å². The largest absolute Gasteiger partial charge is 0.481 e. The molecule has 0 bridgehead atoms. The third-order valence-electron chi connectivity index (χ3n) is 3.37. The Hall–Kier alpha value is -1.88. The Balaban J connectivity index is 1.94. The molecule has 1 saturated heterocycles. The Kier molecular flexibility index (Phi) is 4.16. The van der Waals surface area contributed by atoms with E-state index in [1.54, 1.807) is 0 Å². The maximum Gasteiger partial charge on any atom is 0.312 e. The fourth-order valence-corrected chi connectivity index (χ4v) is 2.21. The summed E-state index contributed by atoms with van der Waals surface area (Å²) in [5, 5.41) is 12.0. The molecule has 1 aliphatic rings. The second kappa shape index (κ2) is 5.84.